The van der Waals surface area contributed by atoms with Crippen molar-refractivity contribution < 1.29 is 9.53 Å². The molecule has 0 unspecified atom stereocenters. The molecule has 0 aromatic heterocycles. The van der Waals surface area contributed by atoms with E-state index >= 15 is 0 Å². The lowest BCUT2D eigenvalue weighted by molar-refractivity contribution is -0.127. The maximum atomic E-state index is 11.6. The molecule has 1 aromatic rings. The molecule has 158 valence electrons. The molecule has 2 rings (SSSR count). The fraction of sp³-hybridized carbons (Fsp3) is 0.619. The van der Waals surface area contributed by atoms with Crippen molar-refractivity contribution in [2.75, 3.05) is 32.8 Å². The molecule has 1 aliphatic rings. The van der Waals surface area contributed by atoms with Crippen LogP contribution in [-0.4, -0.2) is 49.6 Å². The Labute approximate surface area is 186 Å². The van der Waals surface area contributed by atoms with Crippen LogP contribution in [-0.2, 0) is 11.3 Å². The summed E-state index contributed by atoms with van der Waals surface area (Å²) in [5.41, 5.74) is 1.15. The van der Waals surface area contributed by atoms with Crippen molar-refractivity contribution in [3.05, 3.63) is 29.8 Å². The summed E-state index contributed by atoms with van der Waals surface area (Å²) >= 11 is 0. The first kappa shape index (κ1) is 24.5. The summed E-state index contributed by atoms with van der Waals surface area (Å²) < 4.78 is 5.71. The Morgan fingerprint density at radius 3 is 2.61 bits per heavy atom. The van der Waals surface area contributed by atoms with Crippen LogP contribution < -0.4 is 15.4 Å². The maximum Gasteiger partial charge on any atom is 0.222 e. The predicted molar refractivity (Wildman–Crippen MR) is 125 cm³/mol. The maximum absolute atomic E-state index is 11.6. The summed E-state index contributed by atoms with van der Waals surface area (Å²) in [6.45, 7) is 11.0. The zero-order valence-corrected chi connectivity index (χ0v) is 19.7. The quantitative estimate of drug-likeness (QED) is 0.223. The van der Waals surface area contributed by atoms with Crippen LogP contribution in [0.2, 0.25) is 0 Å². The minimum atomic E-state index is 0. The third kappa shape index (κ3) is 9.12. The van der Waals surface area contributed by atoms with E-state index in [9.17, 15) is 4.79 Å². The molecule has 1 saturated heterocycles. The first-order valence-corrected chi connectivity index (χ1v) is 10.1. The van der Waals surface area contributed by atoms with Gasteiger partial charge < -0.3 is 20.3 Å². The number of ether oxygens (including phenoxy) is 1. The van der Waals surface area contributed by atoms with Gasteiger partial charge >= 0.3 is 0 Å². The standard InChI is InChI=1S/C21H34N4O2.HI/c1-4-22-21(23-12-6-14-25-13-5-7-20(25)26)24-15-18-8-10-19(11-9-18)27-16-17(2)3;/h8-11,17H,4-7,12-16H2,1-3H3,(H2,22,23,24);1H. The number of nitrogens with zero attached hydrogens (tertiary/aromatic N) is 2. The van der Waals surface area contributed by atoms with Gasteiger partial charge in [-0.05, 0) is 43.4 Å². The van der Waals surface area contributed by atoms with Gasteiger partial charge in [-0.3, -0.25) is 4.79 Å². The molecule has 1 fully saturated rings. The third-order valence-electron chi connectivity index (χ3n) is 4.34. The first-order chi connectivity index (χ1) is 13.1. The number of rotatable bonds is 10. The number of carbonyl (C=O) groups excluding carboxylic acids is 1. The van der Waals surface area contributed by atoms with Crippen LogP contribution in [0.1, 0.15) is 45.6 Å². The van der Waals surface area contributed by atoms with Crippen molar-refractivity contribution in [3.8, 4) is 5.75 Å². The van der Waals surface area contributed by atoms with E-state index < -0.39 is 0 Å². The molecule has 0 saturated carbocycles. The molecule has 0 aliphatic carbocycles. The Balaban J connectivity index is 0.00000392. The van der Waals surface area contributed by atoms with Crippen molar-refractivity contribution in [3.63, 3.8) is 0 Å². The van der Waals surface area contributed by atoms with E-state index in [1.54, 1.807) is 0 Å². The molecule has 1 aromatic carbocycles. The minimum Gasteiger partial charge on any atom is -0.493 e. The summed E-state index contributed by atoms with van der Waals surface area (Å²) in [5.74, 6) is 2.52. The van der Waals surface area contributed by atoms with Crippen LogP contribution in [0.15, 0.2) is 29.3 Å². The lowest BCUT2D eigenvalue weighted by atomic mass is 10.2. The largest absolute Gasteiger partial charge is 0.493 e. The zero-order valence-electron chi connectivity index (χ0n) is 17.4. The van der Waals surface area contributed by atoms with Gasteiger partial charge in [-0.2, -0.15) is 0 Å². The van der Waals surface area contributed by atoms with E-state index in [-0.39, 0.29) is 29.9 Å². The van der Waals surface area contributed by atoms with Gasteiger partial charge in [0.2, 0.25) is 5.91 Å². The molecule has 2 N–H and O–H groups in total. The molecule has 1 heterocycles. The molecule has 0 spiro atoms. The van der Waals surface area contributed by atoms with Crippen LogP contribution in [0.25, 0.3) is 0 Å². The SMILES string of the molecule is CCNC(=NCc1ccc(OCC(C)C)cc1)NCCCN1CCCC1=O.I. The average Bonchev–Trinajstić information content (AvgIpc) is 3.07. The van der Waals surface area contributed by atoms with Gasteiger partial charge in [0, 0.05) is 32.6 Å². The van der Waals surface area contributed by atoms with Crippen LogP contribution in [0, 0.1) is 5.92 Å². The fourth-order valence-electron chi connectivity index (χ4n) is 2.88. The molecule has 1 amide bonds. The number of hydrogen-bond acceptors (Lipinski definition) is 3. The van der Waals surface area contributed by atoms with Crippen molar-refractivity contribution in [1.29, 1.82) is 0 Å². The summed E-state index contributed by atoms with van der Waals surface area (Å²) in [7, 11) is 0. The fourth-order valence-corrected chi connectivity index (χ4v) is 2.88. The van der Waals surface area contributed by atoms with Gasteiger partial charge in [0.25, 0.3) is 0 Å². The predicted octanol–water partition coefficient (Wildman–Crippen LogP) is 3.41. The summed E-state index contributed by atoms with van der Waals surface area (Å²) in [6, 6.07) is 8.12. The number of guanidine groups is 1. The molecule has 28 heavy (non-hydrogen) atoms. The highest BCUT2D eigenvalue weighted by Gasteiger charge is 2.18. The number of likely N-dealkylation sites (tertiary alicyclic amines) is 1. The second-order valence-electron chi connectivity index (χ2n) is 7.31. The summed E-state index contributed by atoms with van der Waals surface area (Å²) in [4.78, 5) is 18.2. The van der Waals surface area contributed by atoms with Crippen LogP contribution in [0.3, 0.4) is 0 Å². The highest BCUT2D eigenvalue weighted by Crippen LogP contribution is 2.14. The number of benzene rings is 1. The average molecular weight is 502 g/mol. The highest BCUT2D eigenvalue weighted by atomic mass is 127. The van der Waals surface area contributed by atoms with Crippen LogP contribution in [0.4, 0.5) is 0 Å². The minimum absolute atomic E-state index is 0. The number of nitrogens with one attached hydrogen (secondary N) is 2. The van der Waals surface area contributed by atoms with E-state index in [0.717, 1.165) is 62.9 Å². The molecule has 0 bridgehead atoms. The molecular weight excluding hydrogens is 467 g/mol. The van der Waals surface area contributed by atoms with Gasteiger partial charge in [0.1, 0.15) is 5.75 Å². The van der Waals surface area contributed by atoms with Gasteiger partial charge in [0.05, 0.1) is 13.2 Å². The lowest BCUT2D eigenvalue weighted by Gasteiger charge is -2.16. The Bertz CT molecular complexity index is 605. The molecular formula is C21H35IN4O2. The van der Waals surface area contributed by atoms with Gasteiger partial charge in [-0.25, -0.2) is 4.99 Å². The van der Waals surface area contributed by atoms with Gasteiger partial charge in [0.15, 0.2) is 5.96 Å². The Hall–Kier alpha value is -1.51. The second kappa shape index (κ2) is 13.6. The summed E-state index contributed by atoms with van der Waals surface area (Å²) in [5, 5.41) is 6.62. The highest BCUT2D eigenvalue weighted by molar-refractivity contribution is 14.0. The first-order valence-electron chi connectivity index (χ1n) is 10.1. The second-order valence-corrected chi connectivity index (χ2v) is 7.31. The van der Waals surface area contributed by atoms with E-state index in [1.165, 1.54) is 0 Å². The van der Waals surface area contributed by atoms with Crippen molar-refractivity contribution in [2.24, 2.45) is 10.9 Å². The van der Waals surface area contributed by atoms with Crippen molar-refractivity contribution in [2.45, 2.75) is 46.6 Å². The molecule has 1 aliphatic heterocycles. The molecule has 7 heteroatoms. The smallest absolute Gasteiger partial charge is 0.222 e. The van der Waals surface area contributed by atoms with E-state index in [2.05, 4.69) is 48.5 Å². The monoisotopic (exact) mass is 502 g/mol. The van der Waals surface area contributed by atoms with E-state index in [0.29, 0.717) is 18.9 Å². The van der Waals surface area contributed by atoms with Crippen molar-refractivity contribution >= 4 is 35.8 Å². The number of carbonyl (C=O) groups is 1. The van der Waals surface area contributed by atoms with E-state index in [1.807, 2.05) is 17.0 Å². The van der Waals surface area contributed by atoms with Crippen LogP contribution >= 0.6 is 24.0 Å². The summed E-state index contributed by atoms with van der Waals surface area (Å²) in [6.07, 6.45) is 2.63. The van der Waals surface area contributed by atoms with E-state index in [4.69, 9.17) is 4.74 Å². The molecule has 0 radical (unpaired) electrons. The number of halogens is 1. The lowest BCUT2D eigenvalue weighted by Crippen LogP contribution is -2.39. The number of amides is 1. The van der Waals surface area contributed by atoms with Gasteiger partial charge in [-0.15, -0.1) is 24.0 Å². The molecule has 6 nitrogen and oxygen atoms in total. The number of hydrogen-bond donors (Lipinski definition) is 2. The van der Waals surface area contributed by atoms with Crippen molar-refractivity contribution in [1.82, 2.24) is 15.5 Å². The molecule has 0 atom stereocenters. The topological polar surface area (TPSA) is 66.0 Å². The van der Waals surface area contributed by atoms with Crippen LogP contribution in [0.5, 0.6) is 5.75 Å². The Morgan fingerprint density at radius 2 is 2.00 bits per heavy atom. The normalized spacial score (nSPS) is 14.2. The Morgan fingerprint density at radius 1 is 1.25 bits per heavy atom. The third-order valence-corrected chi connectivity index (χ3v) is 4.34. The zero-order chi connectivity index (χ0) is 19.5. The number of aliphatic imine (C=N–C) groups is 1. The Kier molecular flexibility index (Phi) is 11.9. The van der Waals surface area contributed by atoms with Gasteiger partial charge in [-0.1, -0.05) is 26.0 Å².